The molecule has 1 aliphatic heterocycles. The van der Waals surface area contributed by atoms with Crippen LogP contribution in [0.1, 0.15) is 31.4 Å². The van der Waals surface area contributed by atoms with Crippen molar-refractivity contribution in [2.75, 3.05) is 27.9 Å². The van der Waals surface area contributed by atoms with Crippen molar-refractivity contribution in [3.63, 3.8) is 0 Å². The van der Waals surface area contributed by atoms with E-state index < -0.39 is 0 Å². The lowest BCUT2D eigenvalue weighted by Crippen LogP contribution is -2.17. The molecule has 27 heavy (non-hydrogen) atoms. The highest BCUT2D eigenvalue weighted by Gasteiger charge is 2.32. The first-order valence-electron chi connectivity index (χ1n) is 8.89. The van der Waals surface area contributed by atoms with Crippen molar-refractivity contribution in [2.45, 2.75) is 25.9 Å². The van der Waals surface area contributed by atoms with Crippen LogP contribution in [-0.4, -0.2) is 33.9 Å². The van der Waals surface area contributed by atoms with E-state index >= 15 is 0 Å². The van der Waals surface area contributed by atoms with Crippen LogP contribution >= 0.6 is 0 Å². The predicted octanol–water partition coefficient (Wildman–Crippen LogP) is 4.16. The lowest BCUT2D eigenvalue weighted by molar-refractivity contribution is -0.143. The van der Waals surface area contributed by atoms with Gasteiger partial charge in [0.2, 0.25) is 5.75 Å². The van der Waals surface area contributed by atoms with Crippen LogP contribution in [0.15, 0.2) is 30.3 Å². The van der Waals surface area contributed by atoms with Gasteiger partial charge >= 0.3 is 5.97 Å². The van der Waals surface area contributed by atoms with Crippen LogP contribution in [0.2, 0.25) is 0 Å². The van der Waals surface area contributed by atoms with Gasteiger partial charge in [-0.1, -0.05) is 18.2 Å². The molecule has 144 valence electrons. The monoisotopic (exact) mass is 372 g/mol. The van der Waals surface area contributed by atoms with Crippen LogP contribution in [0.5, 0.6) is 23.0 Å². The van der Waals surface area contributed by atoms with Gasteiger partial charge in [0.25, 0.3) is 0 Å². The minimum absolute atomic E-state index is 0.242. The molecule has 0 aliphatic carbocycles. The third kappa shape index (κ3) is 3.52. The Balaban J connectivity index is 2.12. The average Bonchev–Trinajstić information content (AvgIpc) is 2.70. The molecule has 6 nitrogen and oxygen atoms in total. The van der Waals surface area contributed by atoms with E-state index in [0.29, 0.717) is 30.3 Å². The second-order valence-corrected chi connectivity index (χ2v) is 6.06. The smallest absolute Gasteiger partial charge is 0.305 e. The van der Waals surface area contributed by atoms with Gasteiger partial charge in [-0.3, -0.25) is 4.79 Å². The third-order valence-electron chi connectivity index (χ3n) is 4.55. The molecule has 1 unspecified atom stereocenters. The van der Waals surface area contributed by atoms with Crippen molar-refractivity contribution >= 4 is 5.97 Å². The van der Waals surface area contributed by atoms with Gasteiger partial charge in [-0.25, -0.2) is 0 Å². The van der Waals surface area contributed by atoms with Crippen molar-refractivity contribution in [2.24, 2.45) is 0 Å². The normalized spacial score (nSPS) is 14.4. The fraction of sp³-hybridized carbons (Fsp3) is 0.381. The molecular formula is C21H24O6. The molecule has 0 N–H and O–H groups in total. The van der Waals surface area contributed by atoms with Crippen LogP contribution in [0.3, 0.4) is 0 Å². The topological polar surface area (TPSA) is 63.2 Å². The number of hydrogen-bond donors (Lipinski definition) is 0. The summed E-state index contributed by atoms with van der Waals surface area (Å²) in [6.45, 7) is 2.16. The van der Waals surface area contributed by atoms with Crippen LogP contribution in [0, 0.1) is 0 Å². The Morgan fingerprint density at radius 2 is 1.81 bits per heavy atom. The number of ether oxygens (including phenoxy) is 5. The van der Waals surface area contributed by atoms with E-state index in [2.05, 4.69) is 0 Å². The van der Waals surface area contributed by atoms with Gasteiger partial charge in [0.05, 0.1) is 27.9 Å². The zero-order valence-electron chi connectivity index (χ0n) is 16.0. The van der Waals surface area contributed by atoms with Gasteiger partial charge in [0.15, 0.2) is 11.5 Å². The van der Waals surface area contributed by atoms with E-state index in [-0.39, 0.29) is 18.5 Å². The molecular weight excluding hydrogens is 348 g/mol. The number of benzene rings is 2. The number of hydrogen-bond acceptors (Lipinski definition) is 6. The third-order valence-corrected chi connectivity index (χ3v) is 4.55. The van der Waals surface area contributed by atoms with Crippen molar-refractivity contribution in [1.82, 2.24) is 0 Å². The maximum absolute atomic E-state index is 11.8. The largest absolute Gasteiger partial charge is 0.493 e. The zero-order valence-corrected chi connectivity index (χ0v) is 16.0. The standard InChI is InChI=1S/C21H24O6/c1-5-26-18(22)11-10-16-14-12-17(23-2)20(24-3)21(25-4)19(14)13-8-6-7-9-15(13)27-16/h6-9,12,16H,5,10-11H2,1-4H3. The molecule has 0 saturated carbocycles. The van der Waals surface area contributed by atoms with Crippen LogP contribution in [0.25, 0.3) is 11.1 Å². The fourth-order valence-electron chi connectivity index (χ4n) is 3.40. The Morgan fingerprint density at radius 3 is 2.48 bits per heavy atom. The second-order valence-electron chi connectivity index (χ2n) is 6.06. The summed E-state index contributed by atoms with van der Waals surface area (Å²) in [4.78, 5) is 11.8. The number of carbonyl (C=O) groups excluding carboxylic acids is 1. The first kappa shape index (κ1) is 18.9. The summed E-state index contributed by atoms with van der Waals surface area (Å²) in [6, 6.07) is 9.64. The number of rotatable bonds is 7. The molecule has 0 fully saturated rings. The maximum Gasteiger partial charge on any atom is 0.305 e. The number of fused-ring (bicyclic) bond motifs is 3. The van der Waals surface area contributed by atoms with Crippen LogP contribution in [0.4, 0.5) is 0 Å². The quantitative estimate of drug-likeness (QED) is 0.680. The Bertz CT molecular complexity index is 830. The van der Waals surface area contributed by atoms with Gasteiger partial charge in [0, 0.05) is 23.1 Å². The lowest BCUT2D eigenvalue weighted by Gasteiger charge is -2.31. The summed E-state index contributed by atoms with van der Waals surface area (Å²) in [6.07, 6.45) is 0.420. The van der Waals surface area contributed by atoms with E-state index in [1.807, 2.05) is 30.3 Å². The van der Waals surface area contributed by atoms with Crippen molar-refractivity contribution < 1.29 is 28.5 Å². The van der Waals surface area contributed by atoms with Crippen LogP contribution < -0.4 is 18.9 Å². The molecule has 0 radical (unpaired) electrons. The number of esters is 1. The summed E-state index contributed by atoms with van der Waals surface area (Å²) in [5.41, 5.74) is 2.70. The Kier molecular flexibility index (Phi) is 5.74. The van der Waals surface area contributed by atoms with Gasteiger partial charge in [-0.05, 0) is 25.5 Å². The van der Waals surface area contributed by atoms with Crippen molar-refractivity contribution in [3.05, 3.63) is 35.9 Å². The van der Waals surface area contributed by atoms with E-state index in [1.165, 1.54) is 0 Å². The number of methoxy groups -OCH3 is 3. The minimum atomic E-state index is -0.326. The molecule has 2 aromatic carbocycles. The molecule has 1 atom stereocenters. The first-order chi connectivity index (χ1) is 13.1. The Hall–Kier alpha value is -2.89. The maximum atomic E-state index is 11.8. The number of para-hydroxylation sites is 1. The molecule has 0 amide bonds. The van der Waals surface area contributed by atoms with E-state index in [1.54, 1.807) is 28.3 Å². The highest BCUT2D eigenvalue weighted by Crippen LogP contribution is 2.54. The van der Waals surface area contributed by atoms with E-state index in [9.17, 15) is 4.79 Å². The lowest BCUT2D eigenvalue weighted by atomic mass is 9.89. The SMILES string of the molecule is CCOC(=O)CCC1Oc2ccccc2-c2c1cc(OC)c(OC)c2OC. The minimum Gasteiger partial charge on any atom is -0.493 e. The molecule has 0 aromatic heterocycles. The first-order valence-corrected chi connectivity index (χ1v) is 8.89. The molecule has 0 saturated heterocycles. The molecule has 0 bridgehead atoms. The molecule has 2 aromatic rings. The fourth-order valence-corrected chi connectivity index (χ4v) is 3.40. The highest BCUT2D eigenvalue weighted by atomic mass is 16.5. The summed E-state index contributed by atoms with van der Waals surface area (Å²) < 4.78 is 28.0. The summed E-state index contributed by atoms with van der Waals surface area (Å²) in [7, 11) is 4.76. The molecule has 1 heterocycles. The predicted molar refractivity (Wildman–Crippen MR) is 101 cm³/mol. The summed E-state index contributed by atoms with van der Waals surface area (Å²) >= 11 is 0. The Labute approximate surface area is 158 Å². The van der Waals surface area contributed by atoms with E-state index in [4.69, 9.17) is 23.7 Å². The Morgan fingerprint density at radius 1 is 1.07 bits per heavy atom. The van der Waals surface area contributed by atoms with Crippen molar-refractivity contribution in [1.29, 1.82) is 0 Å². The van der Waals surface area contributed by atoms with Crippen LogP contribution in [-0.2, 0) is 9.53 Å². The zero-order chi connectivity index (χ0) is 19.4. The number of carbonyl (C=O) groups is 1. The molecule has 3 rings (SSSR count). The highest BCUT2D eigenvalue weighted by molar-refractivity contribution is 5.85. The average molecular weight is 372 g/mol. The summed E-state index contributed by atoms with van der Waals surface area (Å²) in [5, 5.41) is 0. The molecule has 0 spiro atoms. The van der Waals surface area contributed by atoms with Crippen molar-refractivity contribution in [3.8, 4) is 34.1 Å². The molecule has 6 heteroatoms. The van der Waals surface area contributed by atoms with E-state index in [0.717, 1.165) is 22.4 Å². The van der Waals surface area contributed by atoms with Gasteiger partial charge in [0.1, 0.15) is 11.9 Å². The summed E-state index contributed by atoms with van der Waals surface area (Å²) in [5.74, 6) is 2.17. The van der Waals surface area contributed by atoms with Gasteiger partial charge < -0.3 is 23.7 Å². The molecule has 1 aliphatic rings. The van der Waals surface area contributed by atoms with Gasteiger partial charge in [-0.15, -0.1) is 0 Å². The second kappa shape index (κ2) is 8.20. The van der Waals surface area contributed by atoms with Gasteiger partial charge in [-0.2, -0.15) is 0 Å².